The Labute approximate surface area is 102 Å². The Morgan fingerprint density at radius 2 is 2.00 bits per heavy atom. The van der Waals surface area contributed by atoms with Crippen molar-refractivity contribution in [3.8, 4) is 0 Å². The molecule has 0 aliphatic carbocycles. The highest BCUT2D eigenvalue weighted by Gasteiger charge is 2.37. The van der Waals surface area contributed by atoms with E-state index in [9.17, 15) is 0 Å². The molecule has 1 N–H and O–H groups in total. The van der Waals surface area contributed by atoms with Crippen molar-refractivity contribution in [2.45, 2.75) is 25.7 Å². The molecule has 0 bridgehead atoms. The van der Waals surface area contributed by atoms with Gasteiger partial charge in [-0.1, -0.05) is 0 Å². The molecule has 0 amide bonds. The molecule has 1 aromatic rings. The van der Waals surface area contributed by atoms with Crippen molar-refractivity contribution >= 4 is 5.95 Å². The highest BCUT2D eigenvalue weighted by molar-refractivity contribution is 5.30. The van der Waals surface area contributed by atoms with Crippen LogP contribution in [0.4, 0.5) is 5.95 Å². The summed E-state index contributed by atoms with van der Waals surface area (Å²) in [5.41, 5.74) is 0.468. The van der Waals surface area contributed by atoms with E-state index < -0.39 is 0 Å². The topological polar surface area (TPSA) is 41.1 Å². The van der Waals surface area contributed by atoms with Crippen LogP contribution in [0.3, 0.4) is 0 Å². The molecular formula is C13H20N4. The predicted molar refractivity (Wildman–Crippen MR) is 68.0 cm³/mol. The summed E-state index contributed by atoms with van der Waals surface area (Å²) in [6.07, 6.45) is 8.95. The lowest BCUT2D eigenvalue weighted by atomic mass is 9.74. The Kier molecular flexibility index (Phi) is 2.97. The van der Waals surface area contributed by atoms with Crippen LogP contribution in [0.1, 0.15) is 25.7 Å². The zero-order chi connectivity index (χ0) is 11.6. The van der Waals surface area contributed by atoms with Gasteiger partial charge >= 0.3 is 0 Å². The molecule has 2 saturated heterocycles. The molecule has 0 saturated carbocycles. The smallest absolute Gasteiger partial charge is 0.225 e. The van der Waals surface area contributed by atoms with Crippen molar-refractivity contribution in [1.29, 1.82) is 0 Å². The largest absolute Gasteiger partial charge is 0.340 e. The van der Waals surface area contributed by atoms with Gasteiger partial charge in [-0.25, -0.2) is 9.97 Å². The van der Waals surface area contributed by atoms with Gasteiger partial charge in [-0.05, 0) is 38.3 Å². The first-order valence-electron chi connectivity index (χ1n) is 6.61. The molecule has 3 heterocycles. The Bertz CT molecular complexity index is 353. The van der Waals surface area contributed by atoms with Crippen LogP contribution in [0.2, 0.25) is 0 Å². The Balaban J connectivity index is 1.75. The van der Waals surface area contributed by atoms with Gasteiger partial charge in [0.15, 0.2) is 0 Å². The number of aromatic nitrogens is 2. The second-order valence-electron chi connectivity index (χ2n) is 5.35. The van der Waals surface area contributed by atoms with E-state index in [0.717, 1.165) is 25.6 Å². The molecule has 1 spiro atoms. The van der Waals surface area contributed by atoms with E-state index in [1.807, 2.05) is 18.5 Å². The molecule has 2 aliphatic rings. The standard InChI is InChI=1S/C13H20N4/c1-4-13(10-14-6-1)5-2-9-17(11-13)12-15-7-3-8-16-12/h3,7-8,14H,1-2,4-6,9-11H2. The molecule has 17 heavy (non-hydrogen) atoms. The normalized spacial score (nSPS) is 29.5. The highest BCUT2D eigenvalue weighted by Crippen LogP contribution is 2.36. The van der Waals surface area contributed by atoms with Gasteiger partial charge in [0.25, 0.3) is 0 Å². The van der Waals surface area contributed by atoms with E-state index in [0.29, 0.717) is 5.41 Å². The average Bonchev–Trinajstić information content (AvgIpc) is 2.41. The van der Waals surface area contributed by atoms with Gasteiger partial charge in [-0.3, -0.25) is 0 Å². The van der Waals surface area contributed by atoms with E-state index in [4.69, 9.17) is 0 Å². The lowest BCUT2D eigenvalue weighted by Gasteiger charge is -2.45. The molecule has 1 atom stereocenters. The molecule has 3 rings (SSSR count). The van der Waals surface area contributed by atoms with Crippen LogP contribution in [0.25, 0.3) is 0 Å². The monoisotopic (exact) mass is 232 g/mol. The van der Waals surface area contributed by atoms with Gasteiger partial charge in [-0.15, -0.1) is 0 Å². The van der Waals surface area contributed by atoms with Crippen LogP contribution in [0.5, 0.6) is 0 Å². The highest BCUT2D eigenvalue weighted by atomic mass is 15.3. The lowest BCUT2D eigenvalue weighted by molar-refractivity contribution is 0.172. The van der Waals surface area contributed by atoms with Gasteiger partial charge < -0.3 is 10.2 Å². The zero-order valence-electron chi connectivity index (χ0n) is 10.2. The summed E-state index contributed by atoms with van der Waals surface area (Å²) in [7, 11) is 0. The maximum absolute atomic E-state index is 4.37. The number of hydrogen-bond acceptors (Lipinski definition) is 4. The van der Waals surface area contributed by atoms with E-state index in [-0.39, 0.29) is 0 Å². The molecule has 4 heteroatoms. The molecule has 1 aromatic heterocycles. The van der Waals surface area contributed by atoms with Crippen molar-refractivity contribution in [2.24, 2.45) is 5.41 Å². The number of nitrogens with zero attached hydrogens (tertiary/aromatic N) is 3. The third kappa shape index (κ3) is 2.27. The van der Waals surface area contributed by atoms with Crippen molar-refractivity contribution in [3.63, 3.8) is 0 Å². The minimum absolute atomic E-state index is 0.468. The Morgan fingerprint density at radius 3 is 2.76 bits per heavy atom. The maximum atomic E-state index is 4.37. The van der Waals surface area contributed by atoms with E-state index >= 15 is 0 Å². The van der Waals surface area contributed by atoms with E-state index in [1.165, 1.54) is 32.2 Å². The number of rotatable bonds is 1. The minimum atomic E-state index is 0.468. The van der Waals surface area contributed by atoms with Crippen LogP contribution in [-0.4, -0.2) is 36.1 Å². The second kappa shape index (κ2) is 4.61. The third-order valence-electron chi connectivity index (χ3n) is 4.06. The fraction of sp³-hybridized carbons (Fsp3) is 0.692. The van der Waals surface area contributed by atoms with Crippen molar-refractivity contribution in [3.05, 3.63) is 18.5 Å². The zero-order valence-corrected chi connectivity index (χ0v) is 10.2. The van der Waals surface area contributed by atoms with Gasteiger partial charge in [0.05, 0.1) is 0 Å². The molecule has 0 aromatic carbocycles. The second-order valence-corrected chi connectivity index (χ2v) is 5.35. The number of piperidine rings is 2. The van der Waals surface area contributed by atoms with Gasteiger partial charge in [-0.2, -0.15) is 0 Å². The summed E-state index contributed by atoms with van der Waals surface area (Å²) in [6, 6.07) is 1.88. The van der Waals surface area contributed by atoms with Crippen molar-refractivity contribution < 1.29 is 0 Å². The van der Waals surface area contributed by atoms with E-state index in [1.54, 1.807) is 0 Å². The fourth-order valence-corrected chi connectivity index (χ4v) is 3.21. The van der Waals surface area contributed by atoms with E-state index in [2.05, 4.69) is 20.2 Å². The van der Waals surface area contributed by atoms with Crippen LogP contribution < -0.4 is 10.2 Å². The summed E-state index contributed by atoms with van der Waals surface area (Å²) < 4.78 is 0. The van der Waals surface area contributed by atoms with Crippen LogP contribution in [0.15, 0.2) is 18.5 Å². The van der Waals surface area contributed by atoms with Gasteiger partial charge in [0.1, 0.15) is 0 Å². The Hall–Kier alpha value is -1.16. The summed E-state index contributed by atoms with van der Waals surface area (Å²) in [4.78, 5) is 11.1. The number of anilines is 1. The van der Waals surface area contributed by atoms with Gasteiger partial charge in [0.2, 0.25) is 5.95 Å². The Morgan fingerprint density at radius 1 is 1.18 bits per heavy atom. The number of hydrogen-bond donors (Lipinski definition) is 1. The average molecular weight is 232 g/mol. The molecule has 1 unspecified atom stereocenters. The molecule has 2 fully saturated rings. The van der Waals surface area contributed by atoms with Crippen molar-refractivity contribution in [2.75, 3.05) is 31.1 Å². The molecule has 4 nitrogen and oxygen atoms in total. The minimum Gasteiger partial charge on any atom is -0.340 e. The molecule has 2 aliphatic heterocycles. The molecule has 0 radical (unpaired) electrons. The lowest BCUT2D eigenvalue weighted by Crippen LogP contribution is -2.51. The molecule has 92 valence electrons. The first-order chi connectivity index (χ1) is 8.38. The van der Waals surface area contributed by atoms with Crippen molar-refractivity contribution in [1.82, 2.24) is 15.3 Å². The quantitative estimate of drug-likeness (QED) is 0.795. The summed E-state index contributed by atoms with van der Waals surface area (Å²) in [6.45, 7) is 4.57. The summed E-state index contributed by atoms with van der Waals surface area (Å²) >= 11 is 0. The first-order valence-corrected chi connectivity index (χ1v) is 6.61. The van der Waals surface area contributed by atoms with Gasteiger partial charge in [0, 0.05) is 37.4 Å². The fourth-order valence-electron chi connectivity index (χ4n) is 3.21. The van der Waals surface area contributed by atoms with Crippen LogP contribution in [-0.2, 0) is 0 Å². The predicted octanol–water partition coefficient (Wildman–Crippen LogP) is 1.45. The SMILES string of the molecule is c1cnc(N2CCCC3(CCCNC3)C2)nc1. The molecular weight excluding hydrogens is 212 g/mol. The first kappa shape index (κ1) is 11.0. The third-order valence-corrected chi connectivity index (χ3v) is 4.06. The number of nitrogens with one attached hydrogen (secondary N) is 1. The maximum Gasteiger partial charge on any atom is 0.225 e. The summed E-state index contributed by atoms with van der Waals surface area (Å²) in [5.74, 6) is 0.900. The summed E-state index contributed by atoms with van der Waals surface area (Å²) in [5, 5.41) is 3.55. The van der Waals surface area contributed by atoms with Crippen LogP contribution >= 0.6 is 0 Å². The van der Waals surface area contributed by atoms with Crippen LogP contribution in [0, 0.1) is 5.41 Å².